The van der Waals surface area contributed by atoms with Gasteiger partial charge >= 0.3 is 0 Å². The van der Waals surface area contributed by atoms with Gasteiger partial charge in [-0.15, -0.1) is 0 Å². The van der Waals surface area contributed by atoms with Crippen LogP contribution in [0.3, 0.4) is 0 Å². The van der Waals surface area contributed by atoms with Crippen LogP contribution >= 0.6 is 0 Å². The molecular formula is C21H25N3O. The Balaban J connectivity index is 1.34. The summed E-state index contributed by atoms with van der Waals surface area (Å²) in [5.74, 6) is 0.955. The fourth-order valence-corrected chi connectivity index (χ4v) is 3.36. The number of hydrogen-bond acceptors (Lipinski definition) is 4. The van der Waals surface area contributed by atoms with Crippen molar-refractivity contribution < 1.29 is 4.74 Å². The monoisotopic (exact) mass is 335 g/mol. The molecule has 130 valence electrons. The molecule has 0 aromatic heterocycles. The minimum absolute atomic E-state index is 0.618. The van der Waals surface area contributed by atoms with E-state index in [0.717, 1.165) is 50.6 Å². The Morgan fingerprint density at radius 2 is 1.52 bits per heavy atom. The Kier molecular flexibility index (Phi) is 5.00. The average Bonchev–Trinajstić information content (AvgIpc) is 3.14. The summed E-state index contributed by atoms with van der Waals surface area (Å²) >= 11 is 0. The van der Waals surface area contributed by atoms with Gasteiger partial charge in [-0.1, -0.05) is 54.6 Å². The third-order valence-corrected chi connectivity index (χ3v) is 4.77. The Bertz CT molecular complexity index is 706. The lowest BCUT2D eigenvalue weighted by Gasteiger charge is -2.27. The van der Waals surface area contributed by atoms with Gasteiger partial charge in [0.05, 0.1) is 0 Å². The smallest absolute Gasteiger partial charge is 0.161 e. The Morgan fingerprint density at radius 3 is 2.24 bits per heavy atom. The van der Waals surface area contributed by atoms with Crippen LogP contribution in [-0.4, -0.2) is 42.7 Å². The van der Waals surface area contributed by atoms with Crippen LogP contribution in [0.1, 0.15) is 16.7 Å². The van der Waals surface area contributed by atoms with Crippen molar-refractivity contribution in [2.45, 2.75) is 13.1 Å². The highest BCUT2D eigenvalue weighted by atomic mass is 16.5. The maximum atomic E-state index is 5.82. The van der Waals surface area contributed by atoms with Crippen LogP contribution in [-0.2, 0) is 17.8 Å². The number of benzene rings is 2. The molecule has 0 radical (unpaired) electrons. The Labute approximate surface area is 149 Å². The number of nitrogens with zero attached hydrogens (tertiary/aromatic N) is 2. The summed E-state index contributed by atoms with van der Waals surface area (Å²) in [6, 6.07) is 19.3. The molecule has 0 bridgehead atoms. The molecule has 0 saturated carbocycles. The minimum Gasteiger partial charge on any atom is -0.471 e. The van der Waals surface area contributed by atoms with E-state index < -0.39 is 0 Å². The van der Waals surface area contributed by atoms with E-state index in [9.17, 15) is 0 Å². The molecular weight excluding hydrogens is 310 g/mol. The molecule has 0 amide bonds. The van der Waals surface area contributed by atoms with Crippen LogP contribution in [0.25, 0.3) is 5.76 Å². The molecule has 2 aliphatic heterocycles. The minimum atomic E-state index is 0.618. The van der Waals surface area contributed by atoms with E-state index >= 15 is 0 Å². The quantitative estimate of drug-likeness (QED) is 0.909. The van der Waals surface area contributed by atoms with Crippen LogP contribution in [0.2, 0.25) is 0 Å². The first kappa shape index (κ1) is 16.2. The molecule has 25 heavy (non-hydrogen) atoms. The van der Waals surface area contributed by atoms with Crippen molar-refractivity contribution in [3.63, 3.8) is 0 Å². The summed E-state index contributed by atoms with van der Waals surface area (Å²) in [6.45, 7) is 7.02. The van der Waals surface area contributed by atoms with Crippen molar-refractivity contribution in [3.8, 4) is 0 Å². The zero-order valence-electron chi connectivity index (χ0n) is 14.5. The molecule has 1 fully saturated rings. The van der Waals surface area contributed by atoms with E-state index in [2.05, 4.69) is 57.7 Å². The standard InChI is InChI=1S/C21H25N3O/c1-2-4-20(5-3-1)21-16-24(17-25-21)15-19-8-6-18(7-9-19)14-23-12-10-22-11-13-23/h1-9,16,22H,10-15,17H2. The predicted molar refractivity (Wildman–Crippen MR) is 101 cm³/mol. The maximum absolute atomic E-state index is 5.82. The van der Waals surface area contributed by atoms with Crippen molar-refractivity contribution >= 4 is 5.76 Å². The van der Waals surface area contributed by atoms with Gasteiger partial charge in [-0.05, 0) is 11.1 Å². The molecule has 0 unspecified atom stereocenters. The summed E-state index contributed by atoms with van der Waals surface area (Å²) in [4.78, 5) is 4.72. The van der Waals surface area contributed by atoms with Crippen LogP contribution in [0.15, 0.2) is 60.8 Å². The first-order chi connectivity index (χ1) is 12.4. The van der Waals surface area contributed by atoms with Gasteiger partial charge in [0, 0.05) is 51.0 Å². The lowest BCUT2D eigenvalue weighted by molar-refractivity contribution is 0.179. The average molecular weight is 335 g/mol. The second kappa shape index (κ2) is 7.72. The fraction of sp³-hybridized carbons (Fsp3) is 0.333. The van der Waals surface area contributed by atoms with E-state index in [4.69, 9.17) is 4.74 Å². The summed E-state index contributed by atoms with van der Waals surface area (Å²) < 4.78 is 5.82. The normalized spacial score (nSPS) is 18.1. The fourth-order valence-electron chi connectivity index (χ4n) is 3.36. The largest absolute Gasteiger partial charge is 0.471 e. The van der Waals surface area contributed by atoms with Crippen molar-refractivity contribution in [1.82, 2.24) is 15.1 Å². The van der Waals surface area contributed by atoms with Crippen molar-refractivity contribution in [1.29, 1.82) is 0 Å². The Hall–Kier alpha value is -2.30. The summed E-state index contributed by atoms with van der Waals surface area (Å²) in [5, 5.41) is 3.40. The van der Waals surface area contributed by atoms with E-state index in [1.807, 2.05) is 18.2 Å². The predicted octanol–water partition coefficient (Wildman–Crippen LogP) is 2.88. The number of piperazine rings is 1. The van der Waals surface area contributed by atoms with Crippen LogP contribution in [0.5, 0.6) is 0 Å². The van der Waals surface area contributed by atoms with Crippen molar-refractivity contribution in [2.75, 3.05) is 32.9 Å². The van der Waals surface area contributed by atoms with Crippen LogP contribution in [0.4, 0.5) is 0 Å². The molecule has 4 rings (SSSR count). The van der Waals surface area contributed by atoms with Gasteiger partial charge in [0.2, 0.25) is 0 Å². The molecule has 0 atom stereocenters. The molecule has 2 aliphatic rings. The first-order valence-electron chi connectivity index (χ1n) is 9.02. The number of nitrogens with one attached hydrogen (secondary N) is 1. The van der Waals surface area contributed by atoms with Gasteiger partial charge in [-0.2, -0.15) is 0 Å². The number of rotatable bonds is 5. The highest BCUT2D eigenvalue weighted by molar-refractivity contribution is 5.60. The van der Waals surface area contributed by atoms with E-state index in [1.54, 1.807) is 0 Å². The molecule has 0 aliphatic carbocycles. The molecule has 0 spiro atoms. The van der Waals surface area contributed by atoms with Gasteiger partial charge in [0.15, 0.2) is 6.73 Å². The van der Waals surface area contributed by atoms with E-state index in [-0.39, 0.29) is 0 Å². The summed E-state index contributed by atoms with van der Waals surface area (Å²) in [6.07, 6.45) is 2.12. The summed E-state index contributed by atoms with van der Waals surface area (Å²) in [5.41, 5.74) is 3.85. The van der Waals surface area contributed by atoms with Crippen LogP contribution in [0, 0.1) is 0 Å². The molecule has 4 heteroatoms. The second-order valence-electron chi connectivity index (χ2n) is 6.72. The third-order valence-electron chi connectivity index (χ3n) is 4.77. The highest BCUT2D eigenvalue weighted by Crippen LogP contribution is 2.23. The summed E-state index contributed by atoms with van der Waals surface area (Å²) in [7, 11) is 0. The maximum Gasteiger partial charge on any atom is 0.161 e. The molecule has 4 nitrogen and oxygen atoms in total. The van der Waals surface area contributed by atoms with Crippen LogP contribution < -0.4 is 5.32 Å². The topological polar surface area (TPSA) is 27.7 Å². The molecule has 1 saturated heterocycles. The lowest BCUT2D eigenvalue weighted by Crippen LogP contribution is -2.42. The van der Waals surface area contributed by atoms with Gasteiger partial charge in [0.1, 0.15) is 5.76 Å². The SMILES string of the molecule is C1=C(c2ccccc2)OCN1Cc1ccc(CN2CCNCC2)cc1. The second-order valence-corrected chi connectivity index (χ2v) is 6.72. The Morgan fingerprint density at radius 1 is 0.840 bits per heavy atom. The molecule has 2 heterocycles. The van der Waals surface area contributed by atoms with Gasteiger partial charge < -0.3 is 15.0 Å². The van der Waals surface area contributed by atoms with Crippen molar-refractivity contribution in [3.05, 3.63) is 77.5 Å². The highest BCUT2D eigenvalue weighted by Gasteiger charge is 2.15. The van der Waals surface area contributed by atoms with Gasteiger partial charge in [-0.3, -0.25) is 4.90 Å². The van der Waals surface area contributed by atoms with E-state index in [1.165, 1.54) is 11.1 Å². The zero-order chi connectivity index (χ0) is 16.9. The van der Waals surface area contributed by atoms with Gasteiger partial charge in [-0.25, -0.2) is 0 Å². The van der Waals surface area contributed by atoms with Gasteiger partial charge in [0.25, 0.3) is 0 Å². The zero-order valence-corrected chi connectivity index (χ0v) is 14.5. The molecule has 2 aromatic rings. The molecule has 1 N–H and O–H groups in total. The van der Waals surface area contributed by atoms with E-state index in [0.29, 0.717) is 6.73 Å². The number of ether oxygens (including phenoxy) is 1. The molecule has 2 aromatic carbocycles. The van der Waals surface area contributed by atoms with Crippen molar-refractivity contribution in [2.24, 2.45) is 0 Å². The third kappa shape index (κ3) is 4.21. The number of hydrogen-bond donors (Lipinski definition) is 1. The first-order valence-corrected chi connectivity index (χ1v) is 9.02. The lowest BCUT2D eigenvalue weighted by atomic mass is 10.1.